The van der Waals surface area contributed by atoms with Crippen LogP contribution in [0.2, 0.25) is 0 Å². The maximum absolute atomic E-state index is 13.7. The molecule has 0 fully saturated rings. The molecule has 0 unspecified atom stereocenters. The molecule has 90 valence electrons. The molecule has 1 N–H and O–H groups in total. The largest absolute Gasteiger partial charge is 0.391 e. The smallest absolute Gasteiger partial charge is 0.190 e. The molecule has 17 heavy (non-hydrogen) atoms. The number of rotatable bonds is 4. The van der Waals surface area contributed by atoms with E-state index < -0.39 is 0 Å². The van der Waals surface area contributed by atoms with E-state index in [4.69, 9.17) is 5.11 Å². The van der Waals surface area contributed by atoms with Gasteiger partial charge in [-0.25, -0.2) is 9.37 Å². The number of anilines is 2. The quantitative estimate of drug-likeness (QED) is 0.909. The average molecular weight is 252 g/mol. The number of aromatic nitrogens is 1. The van der Waals surface area contributed by atoms with E-state index in [1.165, 1.54) is 17.4 Å². The van der Waals surface area contributed by atoms with E-state index in [9.17, 15) is 4.39 Å². The summed E-state index contributed by atoms with van der Waals surface area (Å²) in [6, 6.07) is 6.60. The lowest BCUT2D eigenvalue weighted by Crippen LogP contribution is -2.16. The van der Waals surface area contributed by atoms with E-state index >= 15 is 0 Å². The van der Waals surface area contributed by atoms with E-state index in [-0.39, 0.29) is 12.4 Å². The maximum Gasteiger partial charge on any atom is 0.190 e. The van der Waals surface area contributed by atoms with Crippen molar-refractivity contribution in [1.29, 1.82) is 0 Å². The molecule has 1 aromatic heterocycles. The van der Waals surface area contributed by atoms with Crippen molar-refractivity contribution in [3.63, 3.8) is 0 Å². The molecule has 3 nitrogen and oxygen atoms in total. The molecule has 2 aromatic rings. The number of hydrogen-bond acceptors (Lipinski definition) is 4. The third-order valence-electron chi connectivity index (χ3n) is 2.39. The number of para-hydroxylation sites is 1. The van der Waals surface area contributed by atoms with Crippen LogP contribution in [0, 0.1) is 5.82 Å². The van der Waals surface area contributed by atoms with Crippen molar-refractivity contribution in [1.82, 2.24) is 4.98 Å². The second-order valence-corrected chi connectivity index (χ2v) is 4.56. The van der Waals surface area contributed by atoms with E-state index in [2.05, 4.69) is 4.98 Å². The summed E-state index contributed by atoms with van der Waals surface area (Å²) in [5.74, 6) is -0.268. The highest BCUT2D eigenvalue weighted by molar-refractivity contribution is 7.15. The fourth-order valence-corrected chi connectivity index (χ4v) is 2.42. The summed E-state index contributed by atoms with van der Waals surface area (Å²) >= 11 is 1.37. The summed E-state index contributed by atoms with van der Waals surface area (Å²) in [5, 5.41) is 9.70. The molecule has 0 radical (unpaired) electrons. The molecule has 1 aromatic carbocycles. The highest BCUT2D eigenvalue weighted by atomic mass is 32.1. The Balaban J connectivity index is 2.36. The van der Waals surface area contributed by atoms with E-state index in [0.717, 1.165) is 4.88 Å². The van der Waals surface area contributed by atoms with Crippen molar-refractivity contribution in [2.24, 2.45) is 0 Å². The third kappa shape index (κ3) is 2.45. The van der Waals surface area contributed by atoms with Gasteiger partial charge >= 0.3 is 0 Å². The Hall–Kier alpha value is -1.46. The van der Waals surface area contributed by atoms with E-state index in [1.807, 2.05) is 6.92 Å². The molecule has 0 amide bonds. The molecular weight excluding hydrogens is 239 g/mol. The molecule has 2 rings (SSSR count). The Labute approximate surface area is 103 Å². The molecule has 5 heteroatoms. The molecule has 0 saturated heterocycles. The van der Waals surface area contributed by atoms with E-state index in [0.29, 0.717) is 17.4 Å². The zero-order chi connectivity index (χ0) is 12.3. The monoisotopic (exact) mass is 252 g/mol. The van der Waals surface area contributed by atoms with Crippen LogP contribution in [0.3, 0.4) is 0 Å². The lowest BCUT2D eigenvalue weighted by atomic mass is 10.3. The van der Waals surface area contributed by atoms with Crippen molar-refractivity contribution in [2.45, 2.75) is 13.5 Å². The summed E-state index contributed by atoms with van der Waals surface area (Å²) < 4.78 is 13.7. The van der Waals surface area contributed by atoms with Crippen LogP contribution in [0.4, 0.5) is 15.2 Å². The zero-order valence-corrected chi connectivity index (χ0v) is 10.2. The Kier molecular flexibility index (Phi) is 3.71. The van der Waals surface area contributed by atoms with Gasteiger partial charge in [0, 0.05) is 12.7 Å². The minimum absolute atomic E-state index is 0.0352. The molecule has 0 bridgehead atoms. The molecule has 1 heterocycles. The summed E-state index contributed by atoms with van der Waals surface area (Å²) in [5.41, 5.74) is 0.508. The van der Waals surface area contributed by atoms with Crippen molar-refractivity contribution < 1.29 is 9.50 Å². The van der Waals surface area contributed by atoms with Gasteiger partial charge in [-0.1, -0.05) is 23.5 Å². The van der Waals surface area contributed by atoms with Crippen LogP contribution in [0.25, 0.3) is 0 Å². The van der Waals surface area contributed by atoms with Crippen LogP contribution in [0.15, 0.2) is 30.5 Å². The number of aliphatic hydroxyl groups is 1. The number of thiazole rings is 1. The van der Waals surface area contributed by atoms with E-state index in [1.54, 1.807) is 29.3 Å². The first-order valence-electron chi connectivity index (χ1n) is 5.34. The normalized spacial score (nSPS) is 10.5. The van der Waals surface area contributed by atoms with Crippen LogP contribution in [0.1, 0.15) is 11.8 Å². The number of halogens is 1. The van der Waals surface area contributed by atoms with Gasteiger partial charge in [0.1, 0.15) is 5.82 Å². The SMILES string of the molecule is CCN(c1ncc(CO)s1)c1ccccc1F. The Morgan fingerprint density at radius 3 is 2.76 bits per heavy atom. The first-order chi connectivity index (χ1) is 8.26. The fraction of sp³-hybridized carbons (Fsp3) is 0.250. The average Bonchev–Trinajstić information content (AvgIpc) is 2.81. The zero-order valence-electron chi connectivity index (χ0n) is 9.43. The van der Waals surface area contributed by atoms with Gasteiger partial charge in [-0.2, -0.15) is 0 Å². The van der Waals surface area contributed by atoms with Crippen LogP contribution in [0.5, 0.6) is 0 Å². The molecule has 0 saturated carbocycles. The fourth-order valence-electron chi connectivity index (χ4n) is 1.57. The second kappa shape index (κ2) is 5.25. The highest BCUT2D eigenvalue weighted by Crippen LogP contribution is 2.30. The van der Waals surface area contributed by atoms with Gasteiger partial charge < -0.3 is 10.0 Å². The number of benzene rings is 1. The predicted molar refractivity (Wildman–Crippen MR) is 67.1 cm³/mol. The van der Waals surface area contributed by atoms with Gasteiger partial charge in [0.25, 0.3) is 0 Å². The van der Waals surface area contributed by atoms with Crippen molar-refractivity contribution in [3.8, 4) is 0 Å². The van der Waals surface area contributed by atoms with Gasteiger partial charge in [-0.05, 0) is 19.1 Å². The Bertz CT molecular complexity index is 501. The van der Waals surface area contributed by atoms with Crippen LogP contribution in [-0.2, 0) is 6.61 Å². The summed E-state index contributed by atoms with van der Waals surface area (Å²) in [4.78, 5) is 6.76. The molecular formula is C12H13FN2OS. The van der Waals surface area contributed by atoms with Gasteiger partial charge in [-0.3, -0.25) is 0 Å². The number of hydrogen-bond donors (Lipinski definition) is 1. The third-order valence-corrected chi connectivity index (χ3v) is 3.39. The molecule has 0 aliphatic rings. The highest BCUT2D eigenvalue weighted by Gasteiger charge is 2.14. The lowest BCUT2D eigenvalue weighted by Gasteiger charge is -2.20. The molecule has 0 aliphatic heterocycles. The Morgan fingerprint density at radius 1 is 1.41 bits per heavy atom. The number of aliphatic hydroxyl groups excluding tert-OH is 1. The van der Waals surface area contributed by atoms with Crippen molar-refractivity contribution in [3.05, 3.63) is 41.2 Å². The maximum atomic E-state index is 13.7. The van der Waals surface area contributed by atoms with Gasteiger partial charge in [0.05, 0.1) is 17.2 Å². The van der Waals surface area contributed by atoms with Gasteiger partial charge in [0.2, 0.25) is 0 Å². The van der Waals surface area contributed by atoms with Crippen molar-refractivity contribution in [2.75, 3.05) is 11.4 Å². The van der Waals surface area contributed by atoms with Crippen LogP contribution < -0.4 is 4.90 Å². The first-order valence-corrected chi connectivity index (χ1v) is 6.15. The van der Waals surface area contributed by atoms with Crippen molar-refractivity contribution >= 4 is 22.2 Å². The predicted octanol–water partition coefficient (Wildman–Crippen LogP) is 2.93. The standard InChI is InChI=1S/C12H13FN2OS/c1-2-15(11-6-4-3-5-10(11)13)12-14-7-9(8-16)17-12/h3-7,16H,2,8H2,1H3. The molecule has 0 atom stereocenters. The molecule has 0 aliphatic carbocycles. The summed E-state index contributed by atoms with van der Waals surface area (Å²) in [6.07, 6.45) is 1.61. The lowest BCUT2D eigenvalue weighted by molar-refractivity contribution is 0.285. The van der Waals surface area contributed by atoms with Crippen LogP contribution >= 0.6 is 11.3 Å². The second-order valence-electron chi connectivity index (χ2n) is 3.46. The summed E-state index contributed by atoms with van der Waals surface area (Å²) in [6.45, 7) is 2.53. The number of nitrogens with zero attached hydrogens (tertiary/aromatic N) is 2. The van der Waals surface area contributed by atoms with Crippen LogP contribution in [-0.4, -0.2) is 16.6 Å². The minimum atomic E-state index is -0.268. The van der Waals surface area contributed by atoms with Gasteiger partial charge in [-0.15, -0.1) is 0 Å². The Morgan fingerprint density at radius 2 is 2.18 bits per heavy atom. The summed E-state index contributed by atoms with van der Waals surface area (Å²) in [7, 11) is 0. The minimum Gasteiger partial charge on any atom is -0.391 e. The molecule has 0 spiro atoms. The first kappa shape index (κ1) is 12.0. The topological polar surface area (TPSA) is 36.4 Å². The van der Waals surface area contributed by atoms with Gasteiger partial charge in [0.15, 0.2) is 5.13 Å².